The van der Waals surface area contributed by atoms with E-state index in [4.69, 9.17) is 0 Å². The summed E-state index contributed by atoms with van der Waals surface area (Å²) in [7, 11) is 0. The smallest absolute Gasteiger partial charge is 0.0547 e. The summed E-state index contributed by atoms with van der Waals surface area (Å²) in [5.41, 5.74) is 2.79. The van der Waals surface area contributed by atoms with E-state index in [1.54, 1.807) is 0 Å². The first-order valence-electron chi connectivity index (χ1n) is 7.97. The van der Waals surface area contributed by atoms with E-state index < -0.39 is 0 Å². The highest BCUT2D eigenvalue weighted by molar-refractivity contribution is 9.10. The molecule has 0 spiro atoms. The average molecular weight is 376 g/mol. The van der Waals surface area contributed by atoms with Gasteiger partial charge < -0.3 is 4.90 Å². The molecule has 0 aliphatic carbocycles. The highest BCUT2D eigenvalue weighted by Gasteiger charge is 2.16. The quantitative estimate of drug-likeness (QED) is 0.667. The summed E-state index contributed by atoms with van der Waals surface area (Å²) in [4.78, 5) is 2.59. The van der Waals surface area contributed by atoms with Gasteiger partial charge in [-0.2, -0.15) is 0 Å². The predicted octanol–water partition coefficient (Wildman–Crippen LogP) is 5.37. The summed E-state index contributed by atoms with van der Waals surface area (Å²) >= 11 is 5.60. The summed E-state index contributed by atoms with van der Waals surface area (Å²) in [5.74, 6) is 1.19. The number of halogens is 1. The zero-order valence-electron chi connectivity index (χ0n) is 12.7. The summed E-state index contributed by atoms with van der Waals surface area (Å²) in [6, 6.07) is 19.6. The fraction of sp³-hybridized carbons (Fsp3) is 0.368. The lowest BCUT2D eigenvalue weighted by molar-refractivity contribution is 0.362. The van der Waals surface area contributed by atoms with Gasteiger partial charge in [0.15, 0.2) is 0 Å². The number of likely N-dealkylation sites (tertiary alicyclic amines) is 1. The highest BCUT2D eigenvalue weighted by Crippen LogP contribution is 2.36. The molecule has 0 bridgehead atoms. The third-order valence-electron chi connectivity index (χ3n) is 4.17. The number of nitrogens with zero attached hydrogens (tertiary/aromatic N) is 1. The lowest BCUT2D eigenvalue weighted by Crippen LogP contribution is -2.22. The maximum absolute atomic E-state index is 3.53. The van der Waals surface area contributed by atoms with Crippen LogP contribution in [-0.4, -0.2) is 30.3 Å². The molecular formula is C19H22BrNS. The first kappa shape index (κ1) is 16.1. The van der Waals surface area contributed by atoms with Gasteiger partial charge in [0.05, 0.1) is 5.25 Å². The predicted molar refractivity (Wildman–Crippen MR) is 101 cm³/mol. The van der Waals surface area contributed by atoms with Crippen LogP contribution in [0.5, 0.6) is 0 Å². The Morgan fingerprint density at radius 3 is 2.23 bits per heavy atom. The third kappa shape index (κ3) is 4.37. The van der Waals surface area contributed by atoms with Crippen LogP contribution in [0.4, 0.5) is 0 Å². The summed E-state index contributed by atoms with van der Waals surface area (Å²) in [6.45, 7) is 3.79. The van der Waals surface area contributed by atoms with Gasteiger partial charge in [0.1, 0.15) is 0 Å². The Kier molecular flexibility index (Phi) is 5.99. The molecule has 1 fully saturated rings. The largest absolute Gasteiger partial charge is 0.303 e. The van der Waals surface area contributed by atoms with E-state index in [2.05, 4.69) is 87.2 Å². The molecule has 0 aromatic heterocycles. The van der Waals surface area contributed by atoms with Crippen LogP contribution in [0.3, 0.4) is 0 Å². The monoisotopic (exact) mass is 375 g/mol. The van der Waals surface area contributed by atoms with Gasteiger partial charge in [-0.15, -0.1) is 11.8 Å². The molecule has 3 rings (SSSR count). The van der Waals surface area contributed by atoms with Crippen molar-refractivity contribution < 1.29 is 0 Å². The van der Waals surface area contributed by atoms with Crippen LogP contribution in [0.2, 0.25) is 0 Å². The molecule has 1 saturated heterocycles. The van der Waals surface area contributed by atoms with Crippen LogP contribution >= 0.6 is 27.7 Å². The third-order valence-corrected chi connectivity index (χ3v) is 5.99. The van der Waals surface area contributed by atoms with E-state index in [9.17, 15) is 0 Å². The van der Waals surface area contributed by atoms with E-state index in [-0.39, 0.29) is 0 Å². The van der Waals surface area contributed by atoms with Gasteiger partial charge in [0.2, 0.25) is 0 Å². The van der Waals surface area contributed by atoms with Crippen LogP contribution in [0.15, 0.2) is 59.1 Å². The van der Waals surface area contributed by atoms with Gasteiger partial charge >= 0.3 is 0 Å². The Morgan fingerprint density at radius 1 is 0.909 bits per heavy atom. The molecule has 2 aromatic rings. The maximum Gasteiger partial charge on any atom is 0.0547 e. The van der Waals surface area contributed by atoms with Crippen LogP contribution in [-0.2, 0) is 0 Å². The minimum absolute atomic E-state index is 0.428. The molecule has 1 atom stereocenters. The summed E-state index contributed by atoms with van der Waals surface area (Å²) in [5, 5.41) is 0.428. The zero-order valence-corrected chi connectivity index (χ0v) is 15.2. The van der Waals surface area contributed by atoms with Crippen molar-refractivity contribution in [3.8, 4) is 0 Å². The van der Waals surface area contributed by atoms with Crippen LogP contribution in [0.1, 0.15) is 29.2 Å². The minimum Gasteiger partial charge on any atom is -0.303 e. The Bertz CT molecular complexity index is 564. The van der Waals surface area contributed by atoms with Gasteiger partial charge in [-0.05, 0) is 49.2 Å². The van der Waals surface area contributed by atoms with Crippen molar-refractivity contribution in [1.82, 2.24) is 4.90 Å². The van der Waals surface area contributed by atoms with Gasteiger partial charge in [-0.3, -0.25) is 0 Å². The highest BCUT2D eigenvalue weighted by atomic mass is 79.9. The maximum atomic E-state index is 3.53. The molecule has 1 nitrogen and oxygen atoms in total. The van der Waals surface area contributed by atoms with Gasteiger partial charge in [0, 0.05) is 16.8 Å². The second kappa shape index (κ2) is 8.19. The van der Waals surface area contributed by atoms with Crippen molar-refractivity contribution in [1.29, 1.82) is 0 Å². The Balaban J connectivity index is 1.70. The van der Waals surface area contributed by atoms with E-state index in [1.807, 2.05) is 0 Å². The summed E-state index contributed by atoms with van der Waals surface area (Å²) in [6.07, 6.45) is 2.75. The van der Waals surface area contributed by atoms with Crippen molar-refractivity contribution in [3.63, 3.8) is 0 Å². The van der Waals surface area contributed by atoms with Crippen LogP contribution in [0, 0.1) is 0 Å². The second-order valence-corrected chi connectivity index (χ2v) is 7.89. The number of rotatable bonds is 6. The van der Waals surface area contributed by atoms with Gasteiger partial charge in [0.25, 0.3) is 0 Å². The fourth-order valence-corrected chi connectivity index (χ4v) is 4.52. The zero-order chi connectivity index (χ0) is 15.2. The normalized spacial score (nSPS) is 16.8. The number of thioether (sulfide) groups is 1. The molecule has 22 heavy (non-hydrogen) atoms. The van der Waals surface area contributed by atoms with Gasteiger partial charge in [-0.25, -0.2) is 0 Å². The van der Waals surface area contributed by atoms with E-state index in [0.29, 0.717) is 5.25 Å². The number of hydrogen-bond donors (Lipinski definition) is 0. The molecule has 1 aliphatic rings. The molecule has 1 aliphatic heterocycles. The molecule has 0 radical (unpaired) electrons. The molecule has 0 amide bonds. The first-order valence-corrected chi connectivity index (χ1v) is 9.81. The Hall–Kier alpha value is -0.770. The molecule has 2 aromatic carbocycles. The lowest BCUT2D eigenvalue weighted by atomic mass is 10.0. The van der Waals surface area contributed by atoms with E-state index >= 15 is 0 Å². The fourth-order valence-electron chi connectivity index (χ4n) is 2.96. The van der Waals surface area contributed by atoms with Crippen molar-refractivity contribution in [3.05, 3.63) is 70.2 Å². The average Bonchev–Trinajstić information content (AvgIpc) is 3.07. The van der Waals surface area contributed by atoms with E-state index in [1.165, 1.54) is 49.4 Å². The van der Waals surface area contributed by atoms with Gasteiger partial charge in [-0.1, -0.05) is 58.4 Å². The minimum atomic E-state index is 0.428. The van der Waals surface area contributed by atoms with E-state index in [0.717, 1.165) is 4.47 Å². The topological polar surface area (TPSA) is 3.24 Å². The van der Waals surface area contributed by atoms with Crippen molar-refractivity contribution in [2.24, 2.45) is 0 Å². The number of benzene rings is 2. The number of hydrogen-bond acceptors (Lipinski definition) is 2. The second-order valence-electron chi connectivity index (χ2n) is 5.76. The summed E-state index contributed by atoms with van der Waals surface area (Å²) < 4.78 is 1.14. The molecule has 0 saturated carbocycles. The van der Waals surface area contributed by atoms with Crippen LogP contribution < -0.4 is 0 Å². The van der Waals surface area contributed by atoms with Crippen LogP contribution in [0.25, 0.3) is 0 Å². The molecule has 0 N–H and O–H groups in total. The SMILES string of the molecule is Brc1ccc(C(SCCN2CCCC2)c2ccccc2)cc1. The molecule has 1 unspecified atom stereocenters. The molecular weight excluding hydrogens is 354 g/mol. The lowest BCUT2D eigenvalue weighted by Gasteiger charge is -2.20. The standard InChI is InChI=1S/C19H22BrNS/c20-18-10-8-17(9-11-18)19(16-6-2-1-3-7-16)22-15-14-21-12-4-5-13-21/h1-3,6-11,19H,4-5,12-15H2. The van der Waals surface area contributed by atoms with Crippen molar-refractivity contribution >= 4 is 27.7 Å². The molecule has 1 heterocycles. The Labute approximate surface area is 146 Å². The molecule has 3 heteroatoms. The van der Waals surface area contributed by atoms with Crippen molar-refractivity contribution in [2.75, 3.05) is 25.4 Å². The van der Waals surface area contributed by atoms with Crippen molar-refractivity contribution in [2.45, 2.75) is 18.1 Å². The molecule has 116 valence electrons. The Morgan fingerprint density at radius 2 is 1.55 bits per heavy atom. The first-order chi connectivity index (χ1) is 10.8.